The standard InChI is InChI=1S/C21H22N4O3/c26-12-18-2-1-17(28-18)11-24-8-14-5-15(10-24)20-4-3-19(21(27)25(20)9-14)16-6-22-13-23-7-16/h1-4,6-7,13-15,26H,5,8-12H2. The van der Waals surface area contributed by atoms with Crippen LogP contribution in [0.5, 0.6) is 0 Å². The first-order valence-electron chi connectivity index (χ1n) is 9.61. The van der Waals surface area contributed by atoms with Crippen LogP contribution in [0.3, 0.4) is 0 Å². The molecule has 7 nitrogen and oxygen atoms in total. The topological polar surface area (TPSA) is 84.4 Å². The smallest absolute Gasteiger partial charge is 0.258 e. The third-order valence-electron chi connectivity index (χ3n) is 5.80. The number of hydrogen-bond acceptors (Lipinski definition) is 6. The zero-order valence-electron chi connectivity index (χ0n) is 15.5. The Hall–Kier alpha value is -2.77. The number of furan rings is 1. The summed E-state index contributed by atoms with van der Waals surface area (Å²) in [5, 5.41) is 9.18. The zero-order chi connectivity index (χ0) is 19.1. The summed E-state index contributed by atoms with van der Waals surface area (Å²) in [6, 6.07) is 7.75. The molecule has 2 unspecified atom stereocenters. The van der Waals surface area contributed by atoms with Crippen LogP contribution in [0, 0.1) is 5.92 Å². The molecule has 1 saturated heterocycles. The van der Waals surface area contributed by atoms with Crippen molar-refractivity contribution in [1.82, 2.24) is 19.4 Å². The Labute approximate surface area is 162 Å². The van der Waals surface area contributed by atoms with Gasteiger partial charge in [0.05, 0.1) is 12.1 Å². The van der Waals surface area contributed by atoms with Gasteiger partial charge in [0.15, 0.2) is 0 Å². The highest BCUT2D eigenvalue weighted by Gasteiger charge is 2.35. The van der Waals surface area contributed by atoms with Gasteiger partial charge in [-0.05, 0) is 36.6 Å². The summed E-state index contributed by atoms with van der Waals surface area (Å²) in [6.45, 7) is 3.24. The fourth-order valence-electron chi connectivity index (χ4n) is 4.64. The van der Waals surface area contributed by atoms with Gasteiger partial charge >= 0.3 is 0 Å². The minimum absolute atomic E-state index is 0.0501. The van der Waals surface area contributed by atoms with E-state index in [4.69, 9.17) is 4.42 Å². The number of rotatable bonds is 4. The monoisotopic (exact) mass is 378 g/mol. The number of aliphatic hydroxyl groups excluding tert-OH is 1. The molecule has 144 valence electrons. The van der Waals surface area contributed by atoms with Crippen molar-refractivity contribution in [2.45, 2.75) is 32.0 Å². The Kier molecular flexibility index (Phi) is 4.33. The Morgan fingerprint density at radius 2 is 1.89 bits per heavy atom. The second-order valence-corrected chi connectivity index (χ2v) is 7.73. The maximum atomic E-state index is 13.1. The van der Waals surface area contributed by atoms with Gasteiger partial charge in [0.2, 0.25) is 0 Å². The molecular formula is C21H22N4O3. The highest BCUT2D eigenvalue weighted by Crippen LogP contribution is 2.36. The predicted molar refractivity (Wildman–Crippen MR) is 102 cm³/mol. The average Bonchev–Trinajstić information content (AvgIpc) is 3.17. The fraction of sp³-hybridized carbons (Fsp3) is 0.381. The summed E-state index contributed by atoms with van der Waals surface area (Å²) >= 11 is 0. The Bertz CT molecular complexity index is 1040. The van der Waals surface area contributed by atoms with Crippen molar-refractivity contribution in [3.63, 3.8) is 0 Å². The third-order valence-corrected chi connectivity index (χ3v) is 5.80. The number of piperidine rings is 1. The quantitative estimate of drug-likeness (QED) is 0.748. The SMILES string of the molecule is O=c1c(-c2cncnc2)ccc2n1CC1CC2CN(Cc2ccc(CO)o2)C1. The number of pyridine rings is 1. The maximum absolute atomic E-state index is 13.1. The Morgan fingerprint density at radius 3 is 2.68 bits per heavy atom. The molecule has 5 rings (SSSR count). The van der Waals surface area contributed by atoms with Crippen LogP contribution in [0.15, 0.2) is 52.2 Å². The molecule has 7 heteroatoms. The highest BCUT2D eigenvalue weighted by atomic mass is 16.4. The molecule has 2 bridgehead atoms. The van der Waals surface area contributed by atoms with Gasteiger partial charge in [0.25, 0.3) is 5.56 Å². The molecule has 0 spiro atoms. The minimum atomic E-state index is -0.0731. The number of hydrogen-bond donors (Lipinski definition) is 1. The van der Waals surface area contributed by atoms with Gasteiger partial charge in [-0.1, -0.05) is 0 Å². The molecule has 2 aliphatic heterocycles. The van der Waals surface area contributed by atoms with Crippen molar-refractivity contribution in [1.29, 1.82) is 0 Å². The van der Waals surface area contributed by atoms with Crippen LogP contribution >= 0.6 is 0 Å². The van der Waals surface area contributed by atoms with Crippen LogP contribution in [0.1, 0.15) is 29.6 Å². The van der Waals surface area contributed by atoms with E-state index in [1.54, 1.807) is 12.4 Å². The van der Waals surface area contributed by atoms with Crippen molar-refractivity contribution < 1.29 is 9.52 Å². The highest BCUT2D eigenvalue weighted by molar-refractivity contribution is 5.60. The molecule has 0 aliphatic carbocycles. The molecule has 2 atom stereocenters. The van der Waals surface area contributed by atoms with Gasteiger partial charge < -0.3 is 14.1 Å². The molecule has 5 heterocycles. The van der Waals surface area contributed by atoms with Crippen molar-refractivity contribution in [3.8, 4) is 11.1 Å². The summed E-state index contributed by atoms with van der Waals surface area (Å²) in [4.78, 5) is 23.6. The molecular weight excluding hydrogens is 356 g/mol. The normalized spacial score (nSPS) is 21.5. The molecule has 1 fully saturated rings. The molecule has 2 aliphatic rings. The van der Waals surface area contributed by atoms with Gasteiger partial charge in [-0.2, -0.15) is 0 Å². The van der Waals surface area contributed by atoms with Gasteiger partial charge in [-0.25, -0.2) is 9.97 Å². The van der Waals surface area contributed by atoms with Crippen LogP contribution in [0.25, 0.3) is 11.1 Å². The van der Waals surface area contributed by atoms with Gasteiger partial charge in [0, 0.05) is 49.2 Å². The van der Waals surface area contributed by atoms with Crippen molar-refractivity contribution in [2.75, 3.05) is 13.1 Å². The van der Waals surface area contributed by atoms with Crippen LogP contribution in [0.4, 0.5) is 0 Å². The van der Waals surface area contributed by atoms with E-state index in [-0.39, 0.29) is 12.2 Å². The van der Waals surface area contributed by atoms with E-state index < -0.39 is 0 Å². The van der Waals surface area contributed by atoms with E-state index in [1.807, 2.05) is 22.8 Å². The zero-order valence-corrected chi connectivity index (χ0v) is 15.5. The van der Waals surface area contributed by atoms with E-state index in [0.717, 1.165) is 49.6 Å². The van der Waals surface area contributed by atoms with E-state index in [9.17, 15) is 9.90 Å². The largest absolute Gasteiger partial charge is 0.462 e. The molecule has 3 aromatic heterocycles. The van der Waals surface area contributed by atoms with Crippen LogP contribution in [-0.2, 0) is 19.7 Å². The van der Waals surface area contributed by atoms with E-state index in [1.165, 1.54) is 6.33 Å². The van der Waals surface area contributed by atoms with Crippen molar-refractivity contribution >= 4 is 0 Å². The van der Waals surface area contributed by atoms with Gasteiger partial charge in [-0.3, -0.25) is 9.69 Å². The Morgan fingerprint density at radius 1 is 1.07 bits per heavy atom. The Balaban J connectivity index is 1.41. The molecule has 0 aromatic carbocycles. The molecule has 0 amide bonds. The first kappa shape index (κ1) is 17.3. The van der Waals surface area contributed by atoms with Crippen LogP contribution < -0.4 is 5.56 Å². The second kappa shape index (κ2) is 7.00. The summed E-state index contributed by atoms with van der Waals surface area (Å²) in [5.41, 5.74) is 2.59. The lowest BCUT2D eigenvalue weighted by Gasteiger charge is -2.42. The third kappa shape index (κ3) is 3.06. The van der Waals surface area contributed by atoms with Crippen molar-refractivity contribution in [2.24, 2.45) is 5.92 Å². The van der Waals surface area contributed by atoms with Gasteiger partial charge in [-0.15, -0.1) is 0 Å². The fourth-order valence-corrected chi connectivity index (χ4v) is 4.64. The molecule has 1 N–H and O–H groups in total. The van der Waals surface area contributed by atoms with E-state index >= 15 is 0 Å². The predicted octanol–water partition coefficient (Wildman–Crippen LogP) is 2.01. The minimum Gasteiger partial charge on any atom is -0.462 e. The first-order chi connectivity index (χ1) is 13.7. The summed E-state index contributed by atoms with van der Waals surface area (Å²) in [7, 11) is 0. The van der Waals surface area contributed by atoms with E-state index in [2.05, 4.69) is 20.9 Å². The second-order valence-electron chi connectivity index (χ2n) is 7.73. The van der Waals surface area contributed by atoms with Gasteiger partial charge in [0.1, 0.15) is 24.5 Å². The van der Waals surface area contributed by atoms with Crippen molar-refractivity contribution in [3.05, 3.63) is 70.6 Å². The molecule has 0 radical (unpaired) electrons. The first-order valence-corrected chi connectivity index (χ1v) is 9.61. The summed E-state index contributed by atoms with van der Waals surface area (Å²) in [5.74, 6) is 2.26. The van der Waals surface area contributed by atoms with E-state index in [0.29, 0.717) is 23.2 Å². The lowest BCUT2D eigenvalue weighted by molar-refractivity contribution is 0.106. The van der Waals surface area contributed by atoms with Crippen LogP contribution in [0.2, 0.25) is 0 Å². The lowest BCUT2D eigenvalue weighted by Crippen LogP contribution is -2.46. The lowest BCUT2D eigenvalue weighted by atomic mass is 9.83. The average molecular weight is 378 g/mol. The molecule has 3 aromatic rings. The number of fused-ring (bicyclic) bond motifs is 4. The molecule has 0 saturated carbocycles. The maximum Gasteiger partial charge on any atom is 0.258 e. The summed E-state index contributed by atoms with van der Waals surface area (Å²) < 4.78 is 7.61. The molecule has 28 heavy (non-hydrogen) atoms. The number of likely N-dealkylation sites (tertiary alicyclic amines) is 1. The number of aromatic nitrogens is 3. The van der Waals surface area contributed by atoms with Crippen LogP contribution in [-0.4, -0.2) is 37.6 Å². The number of nitrogens with zero attached hydrogens (tertiary/aromatic N) is 4. The number of aliphatic hydroxyl groups is 1. The summed E-state index contributed by atoms with van der Waals surface area (Å²) in [6.07, 6.45) is 5.96.